The van der Waals surface area contributed by atoms with E-state index in [-0.39, 0.29) is 23.2 Å². The molecule has 1 saturated heterocycles. The van der Waals surface area contributed by atoms with E-state index < -0.39 is 15.8 Å². The van der Waals surface area contributed by atoms with Crippen LogP contribution < -0.4 is 11.1 Å². The van der Waals surface area contributed by atoms with Gasteiger partial charge in [0.25, 0.3) is 0 Å². The highest BCUT2D eigenvalue weighted by Gasteiger charge is 2.33. The first-order valence-corrected chi connectivity index (χ1v) is 8.72. The lowest BCUT2D eigenvalue weighted by molar-refractivity contribution is -0.119. The molecule has 4 N–H and O–H groups in total. The monoisotopic (exact) mass is 375 g/mol. The van der Waals surface area contributed by atoms with E-state index in [1.54, 1.807) is 18.2 Å². The number of nitrogens with zero attached hydrogens (tertiary/aromatic N) is 1. The van der Waals surface area contributed by atoms with Gasteiger partial charge in [-0.1, -0.05) is 21.1 Å². The maximum atomic E-state index is 12.1. The first-order valence-electron chi connectivity index (χ1n) is 6.11. The average molecular weight is 376 g/mol. The van der Waals surface area contributed by atoms with Gasteiger partial charge in [-0.3, -0.25) is 4.79 Å². The van der Waals surface area contributed by atoms with Gasteiger partial charge < -0.3 is 16.3 Å². The summed E-state index contributed by atoms with van der Waals surface area (Å²) in [6, 6.07) is 4.87. The fourth-order valence-corrected chi connectivity index (χ4v) is 4.24. The predicted octanol–water partition coefficient (Wildman–Crippen LogP) is 0.917. The fourth-order valence-electron chi connectivity index (χ4n) is 2.13. The Bertz CT molecular complexity index is 702. The number of benzene rings is 1. The minimum atomic E-state index is -3.13. The van der Waals surface area contributed by atoms with Crippen molar-refractivity contribution in [3.8, 4) is 0 Å². The molecule has 1 aromatic rings. The predicted molar refractivity (Wildman–Crippen MR) is 82.0 cm³/mol. The molecule has 9 heteroatoms. The molecule has 7 nitrogen and oxygen atoms in total. The molecule has 1 aromatic carbocycles. The molecule has 2 rings (SSSR count). The van der Waals surface area contributed by atoms with Crippen LogP contribution in [0.15, 0.2) is 27.8 Å². The van der Waals surface area contributed by atoms with Crippen LogP contribution in [-0.2, 0) is 14.6 Å². The van der Waals surface area contributed by atoms with Gasteiger partial charge in [0, 0.05) is 10.0 Å². The number of amidine groups is 1. The SMILES string of the molecule is N/C(=N/O)c1ccc(Br)cc1NC(=O)C1CCS(=O)(=O)C1. The summed E-state index contributed by atoms with van der Waals surface area (Å²) < 4.78 is 23.5. The Morgan fingerprint density at radius 3 is 2.76 bits per heavy atom. The quantitative estimate of drug-likeness (QED) is 0.313. The molecular formula is C12H14BrN3O4S. The third-order valence-electron chi connectivity index (χ3n) is 3.23. The van der Waals surface area contributed by atoms with E-state index in [1.807, 2.05) is 0 Å². The lowest BCUT2D eigenvalue weighted by Crippen LogP contribution is -2.25. The van der Waals surface area contributed by atoms with Crippen LogP contribution in [0.4, 0.5) is 5.69 Å². The van der Waals surface area contributed by atoms with Crippen molar-refractivity contribution in [2.75, 3.05) is 16.8 Å². The first kappa shape index (κ1) is 15.8. The molecular weight excluding hydrogens is 362 g/mol. The number of hydrogen-bond acceptors (Lipinski definition) is 5. The summed E-state index contributed by atoms with van der Waals surface area (Å²) in [4.78, 5) is 12.1. The minimum Gasteiger partial charge on any atom is -0.409 e. The largest absolute Gasteiger partial charge is 0.409 e. The van der Waals surface area contributed by atoms with Gasteiger partial charge in [0.2, 0.25) is 5.91 Å². The molecule has 0 spiro atoms. The van der Waals surface area contributed by atoms with Crippen molar-refractivity contribution in [1.82, 2.24) is 0 Å². The summed E-state index contributed by atoms with van der Waals surface area (Å²) in [6.45, 7) is 0. The number of nitrogens with one attached hydrogen (secondary N) is 1. The van der Waals surface area contributed by atoms with Crippen LogP contribution in [0.3, 0.4) is 0 Å². The molecule has 1 fully saturated rings. The molecule has 0 saturated carbocycles. The molecule has 0 aromatic heterocycles. The Kier molecular flexibility index (Phi) is 4.52. The number of nitrogens with two attached hydrogens (primary N) is 1. The maximum absolute atomic E-state index is 12.1. The number of carbonyl (C=O) groups is 1. The minimum absolute atomic E-state index is 0.0245. The number of rotatable bonds is 3. The van der Waals surface area contributed by atoms with E-state index in [4.69, 9.17) is 10.9 Å². The summed E-state index contributed by atoms with van der Waals surface area (Å²) in [5.74, 6) is -1.23. The maximum Gasteiger partial charge on any atom is 0.228 e. The Morgan fingerprint density at radius 1 is 1.48 bits per heavy atom. The Balaban J connectivity index is 2.23. The van der Waals surface area contributed by atoms with Gasteiger partial charge in [0.15, 0.2) is 15.7 Å². The standard InChI is InChI=1S/C12H14BrN3O4S/c13-8-1-2-9(11(14)16-18)10(5-8)15-12(17)7-3-4-21(19,20)6-7/h1-2,5,7,18H,3-4,6H2,(H2,14,16)(H,15,17). The lowest BCUT2D eigenvalue weighted by Gasteiger charge is -2.13. The zero-order chi connectivity index (χ0) is 15.6. The Hall–Kier alpha value is -1.61. The van der Waals surface area contributed by atoms with Crippen LogP contribution in [0.25, 0.3) is 0 Å². The van der Waals surface area contributed by atoms with Crippen molar-refractivity contribution >= 4 is 43.2 Å². The highest BCUT2D eigenvalue weighted by molar-refractivity contribution is 9.10. The zero-order valence-corrected chi connectivity index (χ0v) is 13.3. The number of halogens is 1. The Morgan fingerprint density at radius 2 is 2.19 bits per heavy atom. The van der Waals surface area contributed by atoms with E-state index >= 15 is 0 Å². The van der Waals surface area contributed by atoms with Crippen molar-refractivity contribution in [3.05, 3.63) is 28.2 Å². The normalized spacial score (nSPS) is 21.2. The van der Waals surface area contributed by atoms with Crippen molar-refractivity contribution in [1.29, 1.82) is 0 Å². The summed E-state index contributed by atoms with van der Waals surface area (Å²) in [5, 5.41) is 14.3. The topological polar surface area (TPSA) is 122 Å². The molecule has 0 bridgehead atoms. The Labute approximate surface area is 130 Å². The van der Waals surface area contributed by atoms with E-state index in [2.05, 4.69) is 26.4 Å². The molecule has 0 aliphatic carbocycles. The molecule has 1 aliphatic rings. The number of hydrogen-bond donors (Lipinski definition) is 3. The number of anilines is 1. The molecule has 1 atom stereocenters. The number of amides is 1. The average Bonchev–Trinajstić information content (AvgIpc) is 2.78. The van der Waals surface area contributed by atoms with Crippen LogP contribution in [0.5, 0.6) is 0 Å². The van der Waals surface area contributed by atoms with Gasteiger partial charge in [-0.2, -0.15) is 0 Å². The number of sulfone groups is 1. The molecule has 114 valence electrons. The summed E-state index contributed by atoms with van der Waals surface area (Å²) in [7, 11) is -3.13. The second-order valence-corrected chi connectivity index (χ2v) is 7.91. The van der Waals surface area contributed by atoms with Gasteiger partial charge >= 0.3 is 0 Å². The molecule has 1 amide bonds. The fraction of sp³-hybridized carbons (Fsp3) is 0.333. The summed E-state index contributed by atoms with van der Waals surface area (Å²) in [5.41, 5.74) is 6.27. The smallest absolute Gasteiger partial charge is 0.228 e. The van der Waals surface area contributed by atoms with Crippen LogP contribution >= 0.6 is 15.9 Å². The summed E-state index contributed by atoms with van der Waals surface area (Å²) in [6.07, 6.45) is 0.307. The van der Waals surface area contributed by atoms with Gasteiger partial charge in [-0.05, 0) is 24.6 Å². The zero-order valence-electron chi connectivity index (χ0n) is 10.9. The number of carbonyl (C=O) groups excluding carboxylic acids is 1. The van der Waals surface area contributed by atoms with Crippen LogP contribution in [-0.4, -0.2) is 36.9 Å². The van der Waals surface area contributed by atoms with Crippen molar-refractivity contribution in [3.63, 3.8) is 0 Å². The van der Waals surface area contributed by atoms with Crippen LogP contribution in [0.2, 0.25) is 0 Å². The van der Waals surface area contributed by atoms with Crippen molar-refractivity contribution < 1.29 is 18.4 Å². The van der Waals surface area contributed by atoms with Gasteiger partial charge in [-0.25, -0.2) is 8.42 Å². The highest BCUT2D eigenvalue weighted by Crippen LogP contribution is 2.24. The second-order valence-electron chi connectivity index (χ2n) is 4.76. The van der Waals surface area contributed by atoms with E-state index in [0.717, 1.165) is 0 Å². The molecule has 1 aliphatic heterocycles. The first-order chi connectivity index (χ1) is 9.82. The third-order valence-corrected chi connectivity index (χ3v) is 5.49. The summed E-state index contributed by atoms with van der Waals surface area (Å²) >= 11 is 3.27. The van der Waals surface area contributed by atoms with Gasteiger partial charge in [-0.15, -0.1) is 0 Å². The molecule has 0 radical (unpaired) electrons. The highest BCUT2D eigenvalue weighted by atomic mass is 79.9. The number of oxime groups is 1. The van der Waals surface area contributed by atoms with Gasteiger partial charge in [0.05, 0.1) is 23.1 Å². The van der Waals surface area contributed by atoms with E-state index in [9.17, 15) is 13.2 Å². The van der Waals surface area contributed by atoms with Crippen LogP contribution in [0.1, 0.15) is 12.0 Å². The third kappa shape index (κ3) is 3.73. The van der Waals surface area contributed by atoms with E-state index in [0.29, 0.717) is 22.1 Å². The van der Waals surface area contributed by atoms with Gasteiger partial charge in [0.1, 0.15) is 0 Å². The lowest BCUT2D eigenvalue weighted by atomic mass is 10.1. The molecule has 1 heterocycles. The molecule has 1 unspecified atom stereocenters. The second kappa shape index (κ2) is 6.02. The van der Waals surface area contributed by atoms with E-state index in [1.165, 1.54) is 0 Å². The van der Waals surface area contributed by atoms with Crippen molar-refractivity contribution in [2.24, 2.45) is 16.8 Å². The van der Waals surface area contributed by atoms with Crippen LogP contribution in [0, 0.1) is 5.92 Å². The van der Waals surface area contributed by atoms with Crippen molar-refractivity contribution in [2.45, 2.75) is 6.42 Å². The molecule has 21 heavy (non-hydrogen) atoms.